The van der Waals surface area contributed by atoms with Gasteiger partial charge in [-0.2, -0.15) is 0 Å². The Kier molecular flexibility index (Phi) is 12.6. The summed E-state index contributed by atoms with van der Waals surface area (Å²) < 4.78 is 17.6. The van der Waals surface area contributed by atoms with E-state index in [2.05, 4.69) is 187 Å². The van der Waals surface area contributed by atoms with Crippen molar-refractivity contribution in [3.63, 3.8) is 0 Å². The van der Waals surface area contributed by atoms with Gasteiger partial charge >= 0.3 is 0 Å². The van der Waals surface area contributed by atoms with Crippen molar-refractivity contribution in [2.24, 2.45) is 0 Å². The van der Waals surface area contributed by atoms with E-state index in [1.54, 1.807) is 0 Å². The van der Waals surface area contributed by atoms with E-state index in [0.717, 1.165) is 61.2 Å². The number of furan rings is 1. The summed E-state index contributed by atoms with van der Waals surface area (Å²) in [5.74, 6) is 0.877. The molecule has 0 N–H and O–H groups in total. The number of imidazole rings is 1. The second kappa shape index (κ2) is 18.2. The third-order valence-electron chi connectivity index (χ3n) is 12.8. The van der Waals surface area contributed by atoms with Crippen molar-refractivity contribution in [3.05, 3.63) is 168 Å². The van der Waals surface area contributed by atoms with Gasteiger partial charge in [-0.15, -0.1) is 54.1 Å². The van der Waals surface area contributed by atoms with Crippen molar-refractivity contribution >= 4 is 67.8 Å². The molecule has 10 aromatic rings. The van der Waals surface area contributed by atoms with Crippen LogP contribution < -0.4 is 5.19 Å². The molecule has 7 aromatic carbocycles. The van der Waals surface area contributed by atoms with Crippen LogP contribution >= 0.6 is 0 Å². The first-order valence-electron chi connectivity index (χ1n) is 23.6. The van der Waals surface area contributed by atoms with E-state index >= 15 is 0 Å². The molecule has 0 saturated carbocycles. The summed E-state index contributed by atoms with van der Waals surface area (Å²) in [4.78, 5) is 9.94. The van der Waals surface area contributed by atoms with Crippen LogP contribution in [-0.4, -0.2) is 22.6 Å². The fraction of sp³-hybridized carbons (Fsp3) is 0.267. The zero-order valence-corrected chi connectivity index (χ0v) is 43.8. The van der Waals surface area contributed by atoms with Gasteiger partial charge in [0.05, 0.1) is 30.5 Å². The van der Waals surface area contributed by atoms with Crippen molar-refractivity contribution in [2.75, 3.05) is 0 Å². The monoisotopic (exact) mass is 1060 g/mol. The van der Waals surface area contributed by atoms with Crippen LogP contribution in [0, 0.1) is 12.1 Å². The molecule has 0 unspecified atom stereocenters. The Bertz CT molecular complexity index is 3410. The predicted octanol–water partition coefficient (Wildman–Crippen LogP) is 16.5. The molecular weight excluding hydrogens is 999 g/mol. The Morgan fingerprint density at radius 2 is 1.36 bits per heavy atom. The molecule has 0 fully saturated rings. The first-order valence-corrected chi connectivity index (χ1v) is 26.6. The molecule has 0 atom stereocenters. The Hall–Kier alpha value is -5.65. The minimum Gasteiger partial charge on any atom is -0.501 e. The van der Waals surface area contributed by atoms with Crippen LogP contribution in [0.4, 0.5) is 0 Å². The third kappa shape index (κ3) is 8.60. The van der Waals surface area contributed by atoms with Crippen LogP contribution in [0.5, 0.6) is 0 Å². The molecule has 6 heteroatoms. The van der Waals surface area contributed by atoms with Gasteiger partial charge in [-0.3, -0.25) is 4.98 Å². The molecule has 1 radical (unpaired) electrons. The van der Waals surface area contributed by atoms with E-state index in [9.17, 15) is 0 Å². The van der Waals surface area contributed by atoms with Gasteiger partial charge < -0.3 is 14.0 Å². The molecule has 10 rings (SSSR count). The zero-order valence-electron chi connectivity index (χ0n) is 41.4. The second-order valence-corrected chi connectivity index (χ2v) is 25.5. The van der Waals surface area contributed by atoms with Crippen LogP contribution in [-0.2, 0) is 25.5 Å². The van der Waals surface area contributed by atoms with Crippen molar-refractivity contribution in [1.82, 2.24) is 14.5 Å². The summed E-state index contributed by atoms with van der Waals surface area (Å²) in [6.45, 7) is 26.9. The summed E-state index contributed by atoms with van der Waals surface area (Å²) >= 11 is 0. The SMILES string of the molecule is CC(C)c1cc(C(C)(C)C)cc(C(C)C)c1-n1c(-c2[c-]ccc3c2oc2ccc4c5ccccc5ccc4c23)nc2ccccc21.[2H]C(C)(C)c1cc(-c2[c-]cccc2)ncc1[Si](C)(C)C.[Ir]. The van der Waals surface area contributed by atoms with Crippen molar-refractivity contribution in [2.45, 2.75) is 105 Å². The molecule has 337 valence electrons. The molecule has 0 aliphatic rings. The molecule has 3 aromatic heterocycles. The van der Waals surface area contributed by atoms with Crippen molar-refractivity contribution in [3.8, 4) is 28.3 Å². The number of benzene rings is 7. The van der Waals surface area contributed by atoms with Gasteiger partial charge in [-0.1, -0.05) is 171 Å². The number of hydrogen-bond donors (Lipinski definition) is 0. The smallest absolute Gasteiger partial charge is 0.121 e. The summed E-state index contributed by atoms with van der Waals surface area (Å²) in [5.41, 5.74) is 12.9. The maximum atomic E-state index is 8.44. The normalized spacial score (nSPS) is 12.6. The van der Waals surface area contributed by atoms with Gasteiger partial charge in [0.25, 0.3) is 0 Å². The number of hydrogen-bond acceptors (Lipinski definition) is 3. The number of aromatic nitrogens is 3. The third-order valence-corrected chi connectivity index (χ3v) is 14.9. The Balaban J connectivity index is 0.000000244. The largest absolute Gasteiger partial charge is 0.501 e. The van der Waals surface area contributed by atoms with Crippen LogP contribution in [0.15, 0.2) is 138 Å². The van der Waals surface area contributed by atoms with E-state index in [4.69, 9.17) is 10.8 Å². The van der Waals surface area contributed by atoms with E-state index in [1.807, 2.05) is 50.4 Å². The summed E-state index contributed by atoms with van der Waals surface area (Å²) in [5, 5.41) is 8.42. The van der Waals surface area contributed by atoms with Crippen LogP contribution in [0.3, 0.4) is 0 Å². The Morgan fingerprint density at radius 1 is 0.682 bits per heavy atom. The fourth-order valence-corrected chi connectivity index (χ4v) is 10.9. The molecule has 0 saturated heterocycles. The van der Waals surface area contributed by atoms with E-state index < -0.39 is 14.0 Å². The number of pyridine rings is 1. The molecule has 3 heterocycles. The standard InChI is InChI=1S/C43H39N2O.C17H22NSi.Ir/c1-25(2)34-23-28(43(5,6)7)24-35(26(3)4)40(34)45-37-18-11-10-17-36(37)44-42(45)33-16-12-15-32-39-31-20-19-27-13-8-9-14-29(27)30(31)21-22-38(39)46-41(32)33;1-13(2)15-11-16(14-9-7-6-8-10-14)18-12-17(15)19(3,4)5;/h8-15,17-26H,1-7H3;6-9,11-13H,1-5H3;/q2*-1;/i;13D;. The van der Waals surface area contributed by atoms with Gasteiger partial charge in [-0.25, -0.2) is 0 Å². The molecular formula is C60H61IrN3OSi-2. The molecule has 0 amide bonds. The molecule has 0 aliphatic heterocycles. The topological polar surface area (TPSA) is 43.9 Å². The molecule has 66 heavy (non-hydrogen) atoms. The van der Waals surface area contributed by atoms with Gasteiger partial charge in [-0.05, 0) is 90.5 Å². The quantitative estimate of drug-likeness (QED) is 0.0908. The molecule has 0 bridgehead atoms. The minimum absolute atomic E-state index is 0. The van der Waals surface area contributed by atoms with Gasteiger partial charge in [0.15, 0.2) is 0 Å². The van der Waals surface area contributed by atoms with E-state index in [1.165, 1.54) is 49.1 Å². The minimum atomic E-state index is -1.50. The molecule has 0 spiro atoms. The Morgan fingerprint density at radius 3 is 2.03 bits per heavy atom. The van der Waals surface area contributed by atoms with Gasteiger partial charge in [0.1, 0.15) is 5.58 Å². The number of fused-ring (bicyclic) bond motifs is 8. The number of para-hydroxylation sites is 2. The van der Waals surface area contributed by atoms with Crippen LogP contribution in [0.2, 0.25) is 19.6 Å². The maximum Gasteiger partial charge on any atom is 0.121 e. The molecule has 4 nitrogen and oxygen atoms in total. The van der Waals surface area contributed by atoms with Crippen LogP contribution in [0.25, 0.3) is 82.8 Å². The first-order chi connectivity index (χ1) is 31.3. The number of rotatable bonds is 7. The molecule has 0 aliphatic carbocycles. The number of nitrogens with zero attached hydrogens (tertiary/aromatic N) is 3. The van der Waals surface area contributed by atoms with Crippen LogP contribution in [0.1, 0.15) is 104 Å². The summed E-state index contributed by atoms with van der Waals surface area (Å²) in [6, 6.07) is 51.6. The van der Waals surface area contributed by atoms with Crippen molar-refractivity contribution in [1.29, 1.82) is 0 Å². The van der Waals surface area contributed by atoms with Gasteiger partial charge in [0, 0.05) is 38.7 Å². The summed E-state index contributed by atoms with van der Waals surface area (Å²) in [6.07, 6.45) is 1.98. The first kappa shape index (κ1) is 45.5. The predicted molar refractivity (Wildman–Crippen MR) is 280 cm³/mol. The second-order valence-electron chi connectivity index (χ2n) is 20.5. The van der Waals surface area contributed by atoms with E-state index in [-0.39, 0.29) is 25.5 Å². The Labute approximate surface area is 407 Å². The fourth-order valence-electron chi connectivity index (χ4n) is 9.33. The average Bonchev–Trinajstić information content (AvgIpc) is 3.87. The average molecular weight is 1060 g/mol. The van der Waals surface area contributed by atoms with Crippen molar-refractivity contribution < 1.29 is 25.9 Å². The zero-order chi connectivity index (χ0) is 46.9. The maximum absolute atomic E-state index is 8.44. The van der Waals surface area contributed by atoms with E-state index in [0.29, 0.717) is 11.8 Å². The van der Waals surface area contributed by atoms with Gasteiger partial charge in [0.2, 0.25) is 0 Å². The summed E-state index contributed by atoms with van der Waals surface area (Å²) in [7, 11) is -1.50.